The monoisotopic (exact) mass is 759 g/mol. The summed E-state index contributed by atoms with van der Waals surface area (Å²) in [5, 5.41) is 0. The van der Waals surface area contributed by atoms with Gasteiger partial charge < -0.3 is 4.90 Å². The Morgan fingerprint density at radius 2 is 0.879 bits per heavy atom. The Balaban J connectivity index is 1.05. The summed E-state index contributed by atoms with van der Waals surface area (Å²) in [6.45, 7) is 4.79. The normalized spacial score (nSPS) is 18.4. The molecule has 0 atom stereocenters. The first-order valence-electron chi connectivity index (χ1n) is 23.0. The van der Waals surface area contributed by atoms with Crippen LogP contribution in [-0.2, 0) is 5.41 Å². The molecule has 0 bridgehead atoms. The van der Waals surface area contributed by atoms with Gasteiger partial charge in [-0.25, -0.2) is 0 Å². The van der Waals surface area contributed by atoms with Gasteiger partial charge in [0.25, 0.3) is 0 Å². The van der Waals surface area contributed by atoms with E-state index >= 15 is 0 Å². The van der Waals surface area contributed by atoms with Gasteiger partial charge in [0.1, 0.15) is 0 Å². The minimum atomic E-state index is -0.0713. The molecule has 294 valence electrons. The molecule has 6 aromatic carbocycles. The Labute approximate surface area is 348 Å². The first-order valence-corrected chi connectivity index (χ1v) is 23.0. The lowest BCUT2D eigenvalue weighted by molar-refractivity contribution is 0.435. The van der Waals surface area contributed by atoms with Crippen molar-refractivity contribution in [2.75, 3.05) is 4.90 Å². The average molecular weight is 760 g/mol. The van der Waals surface area contributed by atoms with Crippen molar-refractivity contribution in [1.29, 1.82) is 0 Å². The molecule has 0 aromatic heterocycles. The van der Waals surface area contributed by atoms with E-state index in [1.54, 1.807) is 11.1 Å². The van der Waals surface area contributed by atoms with Crippen LogP contribution in [0, 0.1) is 0 Å². The number of fused-ring (bicyclic) bond motifs is 3. The van der Waals surface area contributed by atoms with Crippen molar-refractivity contribution in [1.82, 2.24) is 0 Å². The van der Waals surface area contributed by atoms with Crippen molar-refractivity contribution in [3.8, 4) is 33.4 Å². The second-order valence-electron chi connectivity index (χ2n) is 18.8. The summed E-state index contributed by atoms with van der Waals surface area (Å²) in [6.07, 6.45) is 20.4. The van der Waals surface area contributed by atoms with E-state index in [2.05, 4.69) is 152 Å². The lowest BCUT2D eigenvalue weighted by Gasteiger charge is -2.29. The maximum Gasteiger partial charge on any atom is 0.0467 e. The Morgan fingerprint density at radius 3 is 1.50 bits per heavy atom. The molecule has 0 spiro atoms. The smallest absolute Gasteiger partial charge is 0.0467 e. The number of hydrogen-bond acceptors (Lipinski definition) is 1. The largest absolute Gasteiger partial charge is 0.310 e. The fraction of sp³-hybridized carbons (Fsp3) is 0.368. The van der Waals surface area contributed by atoms with Crippen LogP contribution in [0.25, 0.3) is 33.4 Å². The summed E-state index contributed by atoms with van der Waals surface area (Å²) in [6, 6.07) is 52.2. The van der Waals surface area contributed by atoms with E-state index in [1.165, 1.54) is 163 Å². The van der Waals surface area contributed by atoms with E-state index in [0.717, 1.165) is 5.92 Å². The van der Waals surface area contributed by atoms with Crippen LogP contribution in [0.15, 0.2) is 133 Å². The summed E-state index contributed by atoms with van der Waals surface area (Å²) in [5.74, 6) is 2.11. The van der Waals surface area contributed by atoms with Crippen molar-refractivity contribution < 1.29 is 0 Å². The van der Waals surface area contributed by atoms with Gasteiger partial charge in [0.2, 0.25) is 0 Å². The number of rotatable bonds is 8. The molecule has 0 saturated heterocycles. The molecule has 0 unspecified atom stereocenters. The quantitative estimate of drug-likeness (QED) is 0.149. The second kappa shape index (κ2) is 16.1. The van der Waals surface area contributed by atoms with Gasteiger partial charge in [-0.2, -0.15) is 0 Å². The van der Waals surface area contributed by atoms with Gasteiger partial charge in [0.05, 0.1) is 0 Å². The summed E-state index contributed by atoms with van der Waals surface area (Å²) in [7, 11) is 0. The maximum atomic E-state index is 2.63. The van der Waals surface area contributed by atoms with Crippen LogP contribution >= 0.6 is 0 Å². The summed E-state index contributed by atoms with van der Waals surface area (Å²) in [5.41, 5.74) is 19.0. The third-order valence-electron chi connectivity index (χ3n) is 14.8. The molecule has 1 heteroatoms. The highest BCUT2D eigenvalue weighted by Crippen LogP contribution is 2.51. The molecule has 4 aliphatic carbocycles. The first kappa shape index (κ1) is 37.4. The highest BCUT2D eigenvalue weighted by molar-refractivity contribution is 5.87. The molecule has 10 rings (SSSR count). The van der Waals surface area contributed by atoms with Gasteiger partial charge in [-0.05, 0) is 154 Å². The van der Waals surface area contributed by atoms with E-state index in [4.69, 9.17) is 0 Å². The second-order valence-corrected chi connectivity index (χ2v) is 18.8. The van der Waals surface area contributed by atoms with E-state index in [-0.39, 0.29) is 5.41 Å². The molecule has 4 aliphatic rings. The van der Waals surface area contributed by atoms with Crippen molar-refractivity contribution >= 4 is 17.1 Å². The molecular weight excluding hydrogens is 699 g/mol. The van der Waals surface area contributed by atoms with Crippen LogP contribution in [0.3, 0.4) is 0 Å². The Hall–Kier alpha value is -4.88. The number of hydrogen-bond donors (Lipinski definition) is 0. The fourth-order valence-electron chi connectivity index (χ4n) is 11.5. The fourth-order valence-corrected chi connectivity index (χ4v) is 11.5. The van der Waals surface area contributed by atoms with E-state index in [1.807, 2.05) is 0 Å². The zero-order valence-electron chi connectivity index (χ0n) is 35.0. The van der Waals surface area contributed by atoms with Gasteiger partial charge in [0.15, 0.2) is 0 Å². The molecule has 0 N–H and O–H groups in total. The Kier molecular flexibility index (Phi) is 10.3. The van der Waals surface area contributed by atoms with Crippen molar-refractivity contribution in [3.63, 3.8) is 0 Å². The molecule has 0 heterocycles. The van der Waals surface area contributed by atoms with Gasteiger partial charge >= 0.3 is 0 Å². The average Bonchev–Trinajstić information content (AvgIpc) is 3.53. The molecule has 3 fully saturated rings. The lowest BCUT2D eigenvalue weighted by Crippen LogP contribution is -2.16. The van der Waals surface area contributed by atoms with Crippen molar-refractivity contribution in [2.45, 2.75) is 133 Å². The molecule has 0 radical (unpaired) electrons. The molecule has 6 aromatic rings. The number of anilines is 3. The zero-order chi connectivity index (χ0) is 39.1. The summed E-state index contributed by atoms with van der Waals surface area (Å²) in [4.78, 5) is 2.51. The number of benzene rings is 6. The highest BCUT2D eigenvalue weighted by atomic mass is 15.1. The SMILES string of the molecule is CC1(C)c2ccccc2-c2ccc(N(c3ccc(-c4ccc(C5CCCCC5)cc4)cc3)c3cccc(-c4cc(C5CCCCC5)cc(C5CCCCC5)c4)c3)cc21. The third-order valence-corrected chi connectivity index (χ3v) is 14.8. The van der Waals surface area contributed by atoms with Crippen LogP contribution in [0.2, 0.25) is 0 Å². The molecule has 0 amide bonds. The predicted molar refractivity (Wildman–Crippen MR) is 247 cm³/mol. The first-order chi connectivity index (χ1) is 28.5. The Morgan fingerprint density at radius 1 is 0.362 bits per heavy atom. The topological polar surface area (TPSA) is 3.24 Å². The van der Waals surface area contributed by atoms with Gasteiger partial charge in [-0.1, -0.05) is 169 Å². The van der Waals surface area contributed by atoms with Gasteiger partial charge in [-0.15, -0.1) is 0 Å². The lowest BCUT2D eigenvalue weighted by atomic mass is 9.78. The van der Waals surface area contributed by atoms with Crippen LogP contribution < -0.4 is 4.90 Å². The number of nitrogens with zero attached hydrogens (tertiary/aromatic N) is 1. The minimum Gasteiger partial charge on any atom is -0.310 e. The zero-order valence-corrected chi connectivity index (χ0v) is 35.0. The predicted octanol–water partition coefficient (Wildman–Crippen LogP) is 16.9. The molecule has 1 nitrogen and oxygen atoms in total. The van der Waals surface area contributed by atoms with E-state index < -0.39 is 0 Å². The maximum absolute atomic E-state index is 2.63. The molecule has 0 aliphatic heterocycles. The molecule has 3 saturated carbocycles. The Bertz CT molecular complexity index is 2320. The minimum absolute atomic E-state index is 0.0713. The van der Waals surface area contributed by atoms with Crippen LogP contribution in [-0.4, -0.2) is 0 Å². The van der Waals surface area contributed by atoms with Crippen molar-refractivity contribution in [3.05, 3.63) is 161 Å². The molecular formula is C57H61N. The van der Waals surface area contributed by atoms with Crippen LogP contribution in [0.1, 0.15) is 156 Å². The molecule has 58 heavy (non-hydrogen) atoms. The van der Waals surface area contributed by atoms with E-state index in [9.17, 15) is 0 Å². The third kappa shape index (κ3) is 7.25. The van der Waals surface area contributed by atoms with Crippen molar-refractivity contribution in [2.24, 2.45) is 0 Å². The van der Waals surface area contributed by atoms with Crippen LogP contribution in [0.4, 0.5) is 17.1 Å². The standard InChI is InChI=1S/C57H61N/c1-57(2)55-24-13-12-23-53(55)54-34-33-52(39-56(54)57)58(50-31-29-45(30-32-50)44-27-25-43(26-28-44)40-15-6-3-7-16-40)51-22-14-21-46(38-51)49-36-47(41-17-8-4-9-18-41)35-48(37-49)42-19-10-5-11-20-42/h12-14,21-42H,3-11,15-20H2,1-2H3. The highest BCUT2D eigenvalue weighted by Gasteiger charge is 2.36. The van der Waals surface area contributed by atoms with E-state index in [0.29, 0.717) is 11.8 Å². The van der Waals surface area contributed by atoms with Gasteiger partial charge in [0, 0.05) is 22.5 Å². The summed E-state index contributed by atoms with van der Waals surface area (Å²) >= 11 is 0. The summed E-state index contributed by atoms with van der Waals surface area (Å²) < 4.78 is 0. The van der Waals surface area contributed by atoms with Crippen LogP contribution in [0.5, 0.6) is 0 Å². The van der Waals surface area contributed by atoms with Gasteiger partial charge in [-0.3, -0.25) is 0 Å².